The molecule has 134 valence electrons. The van der Waals surface area contributed by atoms with Crippen molar-refractivity contribution in [3.63, 3.8) is 0 Å². The average molecular weight is 449 g/mol. The van der Waals surface area contributed by atoms with Crippen LogP contribution in [0.15, 0.2) is 45.8 Å². The summed E-state index contributed by atoms with van der Waals surface area (Å²) in [6.07, 6.45) is 0. The third-order valence-electron chi connectivity index (χ3n) is 3.32. The number of rotatable bonds is 6. The summed E-state index contributed by atoms with van der Waals surface area (Å²) in [5.74, 6) is -0.230. The van der Waals surface area contributed by atoms with Gasteiger partial charge in [-0.05, 0) is 35.9 Å². The van der Waals surface area contributed by atoms with Crippen molar-refractivity contribution >= 4 is 43.5 Å². The van der Waals surface area contributed by atoms with Gasteiger partial charge in [-0.2, -0.15) is 0 Å². The first-order chi connectivity index (χ1) is 11.8. The van der Waals surface area contributed by atoms with Crippen LogP contribution in [0.4, 0.5) is 0 Å². The van der Waals surface area contributed by atoms with E-state index in [0.717, 1.165) is 0 Å². The molecule has 1 N–H and O–H groups in total. The Morgan fingerprint density at radius 1 is 1.20 bits per heavy atom. The van der Waals surface area contributed by atoms with Crippen LogP contribution in [0, 0.1) is 0 Å². The molecule has 6 nitrogen and oxygen atoms in total. The van der Waals surface area contributed by atoms with Gasteiger partial charge < -0.3 is 9.47 Å². The highest BCUT2D eigenvalue weighted by Crippen LogP contribution is 2.26. The van der Waals surface area contributed by atoms with Gasteiger partial charge in [0, 0.05) is 11.0 Å². The maximum Gasteiger partial charge on any atom is 0.341 e. The maximum atomic E-state index is 12.4. The van der Waals surface area contributed by atoms with Crippen LogP contribution in [0.5, 0.6) is 5.75 Å². The third kappa shape index (κ3) is 4.72. The number of halogens is 2. The molecule has 0 amide bonds. The predicted octanol–water partition coefficient (Wildman–Crippen LogP) is 3.38. The first-order valence-corrected chi connectivity index (χ1v) is 9.64. The number of carbonyl (C=O) groups is 1. The average Bonchev–Trinajstić information content (AvgIpc) is 2.58. The van der Waals surface area contributed by atoms with E-state index in [2.05, 4.69) is 20.7 Å². The zero-order chi connectivity index (χ0) is 18.6. The molecule has 0 unspecified atom stereocenters. The van der Waals surface area contributed by atoms with Crippen molar-refractivity contribution in [2.45, 2.75) is 11.4 Å². The molecular weight excluding hydrogens is 434 g/mol. The van der Waals surface area contributed by atoms with Crippen molar-refractivity contribution in [3.05, 3.63) is 57.0 Å². The summed E-state index contributed by atoms with van der Waals surface area (Å²) in [5.41, 5.74) is 0.779. The van der Waals surface area contributed by atoms with E-state index < -0.39 is 16.0 Å². The van der Waals surface area contributed by atoms with E-state index >= 15 is 0 Å². The van der Waals surface area contributed by atoms with Crippen molar-refractivity contribution in [1.82, 2.24) is 4.72 Å². The highest BCUT2D eigenvalue weighted by molar-refractivity contribution is 9.10. The first kappa shape index (κ1) is 19.7. The summed E-state index contributed by atoms with van der Waals surface area (Å²) in [5, 5.41) is 0.104. The van der Waals surface area contributed by atoms with Gasteiger partial charge in [-0.25, -0.2) is 17.9 Å². The summed E-state index contributed by atoms with van der Waals surface area (Å²) in [4.78, 5) is 11.8. The molecule has 0 spiro atoms. The number of hydrogen-bond acceptors (Lipinski definition) is 5. The molecule has 2 aromatic rings. The van der Waals surface area contributed by atoms with Gasteiger partial charge in [0.25, 0.3) is 0 Å². The summed E-state index contributed by atoms with van der Waals surface area (Å²) in [6.45, 7) is -0.0251. The van der Waals surface area contributed by atoms with E-state index in [1.807, 2.05) is 0 Å². The van der Waals surface area contributed by atoms with Crippen LogP contribution in [0.25, 0.3) is 0 Å². The van der Waals surface area contributed by atoms with Crippen LogP contribution in [0.2, 0.25) is 5.02 Å². The maximum absolute atomic E-state index is 12.4. The van der Waals surface area contributed by atoms with Crippen LogP contribution in [0.3, 0.4) is 0 Å². The SMILES string of the molecule is COC(=O)c1cc(CNS(=O)(=O)c2ccc(Br)cc2Cl)ccc1OC. The lowest BCUT2D eigenvalue weighted by molar-refractivity contribution is 0.0597. The number of benzene rings is 2. The second kappa shape index (κ2) is 8.18. The third-order valence-corrected chi connectivity index (χ3v) is 5.70. The monoisotopic (exact) mass is 447 g/mol. The molecule has 2 aromatic carbocycles. The number of carbonyl (C=O) groups excluding carboxylic acids is 1. The number of sulfonamides is 1. The molecule has 0 atom stereocenters. The minimum absolute atomic E-state index is 0.0251. The van der Waals surface area contributed by atoms with Gasteiger partial charge in [0.15, 0.2) is 0 Å². The number of nitrogens with one attached hydrogen (secondary N) is 1. The number of hydrogen-bond donors (Lipinski definition) is 1. The Hall–Kier alpha value is -1.61. The fourth-order valence-electron chi connectivity index (χ4n) is 2.08. The van der Waals surface area contributed by atoms with Crippen LogP contribution < -0.4 is 9.46 Å². The Balaban J connectivity index is 2.24. The predicted molar refractivity (Wildman–Crippen MR) is 97.5 cm³/mol. The number of ether oxygens (including phenoxy) is 2. The Kier molecular flexibility index (Phi) is 6.45. The van der Waals surface area contributed by atoms with Crippen LogP contribution >= 0.6 is 27.5 Å². The normalized spacial score (nSPS) is 11.2. The molecule has 0 heterocycles. The lowest BCUT2D eigenvalue weighted by atomic mass is 10.1. The Morgan fingerprint density at radius 2 is 1.92 bits per heavy atom. The standard InChI is InChI=1S/C16H15BrClNO5S/c1-23-14-5-3-10(7-12(14)16(20)24-2)9-19-25(21,22)15-6-4-11(17)8-13(15)18/h3-8,19H,9H2,1-2H3. The van der Waals surface area contributed by atoms with E-state index in [0.29, 0.717) is 15.8 Å². The van der Waals surface area contributed by atoms with Gasteiger partial charge in [0.1, 0.15) is 16.2 Å². The first-order valence-electron chi connectivity index (χ1n) is 6.98. The minimum Gasteiger partial charge on any atom is -0.496 e. The van der Waals surface area contributed by atoms with Crippen molar-refractivity contribution in [3.8, 4) is 5.75 Å². The molecule has 0 saturated carbocycles. The van der Waals surface area contributed by atoms with E-state index in [9.17, 15) is 13.2 Å². The second-order valence-electron chi connectivity index (χ2n) is 4.93. The van der Waals surface area contributed by atoms with Gasteiger partial charge >= 0.3 is 5.97 Å². The fraction of sp³-hybridized carbons (Fsp3) is 0.188. The van der Waals surface area contributed by atoms with Crippen LogP contribution in [-0.2, 0) is 21.3 Å². The minimum atomic E-state index is -3.81. The van der Waals surface area contributed by atoms with Crippen molar-refractivity contribution in [2.24, 2.45) is 0 Å². The van der Waals surface area contributed by atoms with Gasteiger partial charge in [-0.1, -0.05) is 33.6 Å². The highest BCUT2D eigenvalue weighted by atomic mass is 79.9. The lowest BCUT2D eigenvalue weighted by Gasteiger charge is -2.11. The molecule has 0 aromatic heterocycles. The highest BCUT2D eigenvalue weighted by Gasteiger charge is 2.19. The quantitative estimate of drug-likeness (QED) is 0.685. The molecule has 0 fully saturated rings. The van der Waals surface area contributed by atoms with Crippen LogP contribution in [-0.4, -0.2) is 28.6 Å². The Morgan fingerprint density at radius 3 is 2.52 bits per heavy atom. The molecule has 0 aliphatic rings. The Bertz CT molecular complexity index is 901. The molecule has 9 heteroatoms. The lowest BCUT2D eigenvalue weighted by Crippen LogP contribution is -2.23. The molecule has 2 rings (SSSR count). The van der Waals surface area contributed by atoms with E-state index in [1.165, 1.54) is 32.4 Å². The van der Waals surface area contributed by atoms with Gasteiger partial charge in [0.05, 0.1) is 19.2 Å². The van der Waals surface area contributed by atoms with E-state index in [4.69, 9.17) is 21.1 Å². The topological polar surface area (TPSA) is 81.7 Å². The van der Waals surface area contributed by atoms with Crippen molar-refractivity contribution in [1.29, 1.82) is 0 Å². The van der Waals surface area contributed by atoms with E-state index in [-0.39, 0.29) is 22.0 Å². The largest absolute Gasteiger partial charge is 0.496 e. The number of methoxy groups -OCH3 is 2. The molecule has 25 heavy (non-hydrogen) atoms. The second-order valence-corrected chi connectivity index (χ2v) is 7.98. The summed E-state index contributed by atoms with van der Waals surface area (Å²) in [7, 11) is -1.12. The molecule has 0 saturated heterocycles. The molecule has 0 bridgehead atoms. The molecule has 0 aliphatic carbocycles. The Labute approximate surface area is 159 Å². The van der Waals surface area contributed by atoms with E-state index in [1.54, 1.807) is 18.2 Å². The number of esters is 1. The summed E-state index contributed by atoms with van der Waals surface area (Å²) in [6, 6.07) is 9.22. The smallest absolute Gasteiger partial charge is 0.341 e. The van der Waals surface area contributed by atoms with Crippen LogP contribution in [0.1, 0.15) is 15.9 Å². The zero-order valence-corrected chi connectivity index (χ0v) is 16.5. The van der Waals surface area contributed by atoms with Gasteiger partial charge in [-0.15, -0.1) is 0 Å². The van der Waals surface area contributed by atoms with Gasteiger partial charge in [0.2, 0.25) is 10.0 Å². The molecule has 0 aliphatic heterocycles. The molecule has 0 radical (unpaired) electrons. The summed E-state index contributed by atoms with van der Waals surface area (Å²) >= 11 is 9.22. The summed E-state index contributed by atoms with van der Waals surface area (Å²) < 4.78 is 37.7. The van der Waals surface area contributed by atoms with Crippen molar-refractivity contribution < 1.29 is 22.7 Å². The van der Waals surface area contributed by atoms with Gasteiger partial charge in [-0.3, -0.25) is 0 Å². The van der Waals surface area contributed by atoms with Crippen molar-refractivity contribution in [2.75, 3.05) is 14.2 Å². The zero-order valence-electron chi connectivity index (χ0n) is 13.4. The fourth-order valence-corrected chi connectivity index (χ4v) is 4.14. The molecular formula is C16H15BrClNO5S.